The van der Waals surface area contributed by atoms with E-state index in [0.29, 0.717) is 56.6 Å². The van der Waals surface area contributed by atoms with Gasteiger partial charge in [-0.25, -0.2) is 9.37 Å². The minimum atomic E-state index is -2.24. The van der Waals surface area contributed by atoms with Crippen molar-refractivity contribution in [2.45, 2.75) is 49.2 Å². The molecule has 11 N–H and O–H groups in total. The summed E-state index contributed by atoms with van der Waals surface area (Å²) in [6, 6.07) is 2.27. The van der Waals surface area contributed by atoms with Crippen molar-refractivity contribution in [1.82, 2.24) is 25.3 Å². The van der Waals surface area contributed by atoms with Gasteiger partial charge in [-0.1, -0.05) is 6.08 Å². The van der Waals surface area contributed by atoms with Crippen molar-refractivity contribution in [3.05, 3.63) is 47.8 Å². The SMILES string of the molecule is N[C@@H]1C[C@H](N)CN(c2nc(NC3=CC=CC(F)(NC(=O)c4cccnc4O)C3)nc(N3C[C@H](N)C[C@H](N)C3)n2)C1. The number of pyridine rings is 1. The maximum absolute atomic E-state index is 15.8. The van der Waals surface area contributed by atoms with Crippen LogP contribution in [0.2, 0.25) is 0 Å². The Morgan fingerprint density at radius 3 is 2.10 bits per heavy atom. The number of hydrogen-bond acceptors (Lipinski definition) is 13. The van der Waals surface area contributed by atoms with Gasteiger partial charge in [0.1, 0.15) is 5.56 Å². The van der Waals surface area contributed by atoms with Crippen LogP contribution >= 0.6 is 0 Å². The number of amides is 1. The number of halogens is 1. The van der Waals surface area contributed by atoms with Gasteiger partial charge in [0, 0.05) is 68.7 Å². The van der Waals surface area contributed by atoms with Crippen LogP contribution in [0.4, 0.5) is 22.2 Å². The third-order valence-electron chi connectivity index (χ3n) is 6.94. The van der Waals surface area contributed by atoms with Gasteiger partial charge >= 0.3 is 0 Å². The van der Waals surface area contributed by atoms with E-state index in [1.807, 2.05) is 9.80 Å². The fraction of sp³-hybridized carbons (Fsp3) is 0.480. The molecule has 15 heteroatoms. The molecule has 1 unspecified atom stereocenters. The van der Waals surface area contributed by atoms with Gasteiger partial charge in [-0.2, -0.15) is 15.0 Å². The number of rotatable bonds is 6. The van der Waals surface area contributed by atoms with E-state index in [9.17, 15) is 9.90 Å². The third kappa shape index (κ3) is 6.44. The van der Waals surface area contributed by atoms with Gasteiger partial charge < -0.3 is 48.5 Å². The van der Waals surface area contributed by atoms with Crippen LogP contribution in [0.1, 0.15) is 29.6 Å². The molecule has 1 aliphatic carbocycles. The Kier molecular flexibility index (Phi) is 7.80. The maximum atomic E-state index is 15.8. The van der Waals surface area contributed by atoms with Crippen LogP contribution in [0.25, 0.3) is 0 Å². The number of nitrogens with zero attached hydrogens (tertiary/aromatic N) is 6. The number of aromatic hydroxyl groups is 1. The molecule has 0 aromatic carbocycles. The van der Waals surface area contributed by atoms with E-state index >= 15 is 4.39 Å². The number of piperidine rings is 2. The lowest BCUT2D eigenvalue weighted by atomic mass is 10.0. The molecule has 2 aliphatic heterocycles. The molecule has 40 heavy (non-hydrogen) atoms. The molecule has 2 aromatic rings. The van der Waals surface area contributed by atoms with Crippen LogP contribution in [-0.4, -0.2) is 87.1 Å². The lowest BCUT2D eigenvalue weighted by Gasteiger charge is -2.37. The average Bonchev–Trinajstić information content (AvgIpc) is 2.87. The van der Waals surface area contributed by atoms with Gasteiger partial charge in [0.25, 0.3) is 5.91 Å². The van der Waals surface area contributed by atoms with E-state index in [2.05, 4.69) is 25.6 Å². The van der Waals surface area contributed by atoms with Gasteiger partial charge in [-0.15, -0.1) is 0 Å². The van der Waals surface area contributed by atoms with Crippen LogP contribution in [-0.2, 0) is 0 Å². The molecule has 0 radical (unpaired) electrons. The summed E-state index contributed by atoms with van der Waals surface area (Å²) in [5.74, 6) is -2.60. The summed E-state index contributed by atoms with van der Waals surface area (Å²) in [5.41, 5.74) is 25.1. The van der Waals surface area contributed by atoms with Crippen molar-refractivity contribution in [3.63, 3.8) is 0 Å². The Morgan fingerprint density at radius 2 is 1.55 bits per heavy atom. The molecule has 3 aliphatic rings. The van der Waals surface area contributed by atoms with Gasteiger partial charge in [-0.3, -0.25) is 4.79 Å². The second-order valence-corrected chi connectivity index (χ2v) is 10.6. The van der Waals surface area contributed by atoms with E-state index in [-0.39, 0.29) is 42.1 Å². The van der Waals surface area contributed by atoms with Crippen LogP contribution in [0, 0.1) is 0 Å². The number of nitrogens with one attached hydrogen (secondary N) is 2. The highest BCUT2D eigenvalue weighted by Crippen LogP contribution is 2.28. The number of aromatic nitrogens is 4. The predicted octanol–water partition coefficient (Wildman–Crippen LogP) is -0.947. The number of anilines is 3. The fourth-order valence-electron chi connectivity index (χ4n) is 5.23. The van der Waals surface area contributed by atoms with Crippen molar-refractivity contribution in [1.29, 1.82) is 0 Å². The monoisotopic (exact) mass is 554 g/mol. The summed E-state index contributed by atoms with van der Waals surface area (Å²) in [6.07, 6.45) is 6.83. The van der Waals surface area contributed by atoms with Gasteiger partial charge in [0.05, 0.1) is 0 Å². The molecule has 2 saturated heterocycles. The Labute approximate surface area is 230 Å². The van der Waals surface area contributed by atoms with Crippen molar-refractivity contribution in [2.24, 2.45) is 22.9 Å². The molecular formula is C25H35FN12O2. The number of alkyl halides is 1. The summed E-state index contributed by atoms with van der Waals surface area (Å²) in [6.45, 7) is 2.06. The Hall–Kier alpha value is -3.92. The molecule has 0 spiro atoms. The average molecular weight is 555 g/mol. The summed E-state index contributed by atoms with van der Waals surface area (Å²) >= 11 is 0. The van der Waals surface area contributed by atoms with Gasteiger partial charge in [-0.05, 0) is 37.1 Å². The Bertz CT molecular complexity index is 1240. The minimum absolute atomic E-state index is 0.139. The van der Waals surface area contributed by atoms with Crippen molar-refractivity contribution in [2.75, 3.05) is 41.3 Å². The molecule has 214 valence electrons. The molecule has 2 aromatic heterocycles. The minimum Gasteiger partial charge on any atom is -0.493 e. The first kappa shape index (κ1) is 27.6. The molecule has 4 heterocycles. The zero-order valence-corrected chi connectivity index (χ0v) is 21.9. The number of allylic oxidation sites excluding steroid dienone is 2. The topological polar surface area (TPSA) is 223 Å². The molecular weight excluding hydrogens is 519 g/mol. The highest BCUT2D eigenvalue weighted by Gasteiger charge is 2.34. The van der Waals surface area contributed by atoms with E-state index < -0.39 is 17.6 Å². The third-order valence-corrected chi connectivity index (χ3v) is 6.94. The molecule has 0 saturated carbocycles. The van der Waals surface area contributed by atoms with E-state index in [1.165, 1.54) is 30.5 Å². The van der Waals surface area contributed by atoms with Crippen molar-refractivity contribution < 1.29 is 14.3 Å². The molecule has 1 amide bonds. The Balaban J connectivity index is 1.38. The number of carbonyl (C=O) groups excluding carboxylic acids is 1. The predicted molar refractivity (Wildman–Crippen MR) is 148 cm³/mol. The zero-order valence-electron chi connectivity index (χ0n) is 21.9. The lowest BCUT2D eigenvalue weighted by molar-refractivity contribution is 0.0812. The second kappa shape index (κ2) is 11.3. The van der Waals surface area contributed by atoms with Crippen LogP contribution in [0.3, 0.4) is 0 Å². The Morgan fingerprint density at radius 1 is 0.975 bits per heavy atom. The molecule has 2 fully saturated rings. The summed E-state index contributed by atoms with van der Waals surface area (Å²) in [7, 11) is 0. The van der Waals surface area contributed by atoms with Crippen molar-refractivity contribution >= 4 is 23.8 Å². The largest absolute Gasteiger partial charge is 0.493 e. The summed E-state index contributed by atoms with van der Waals surface area (Å²) < 4.78 is 15.8. The van der Waals surface area contributed by atoms with E-state index in [1.54, 1.807) is 6.08 Å². The quantitative estimate of drug-likeness (QED) is 0.214. The highest BCUT2D eigenvalue weighted by atomic mass is 19.1. The zero-order chi connectivity index (χ0) is 28.4. The van der Waals surface area contributed by atoms with Crippen LogP contribution in [0.15, 0.2) is 42.3 Å². The summed E-state index contributed by atoms with van der Waals surface area (Å²) in [5, 5.41) is 15.3. The van der Waals surface area contributed by atoms with Crippen LogP contribution in [0.5, 0.6) is 5.88 Å². The maximum Gasteiger partial charge on any atom is 0.259 e. The molecule has 5 atom stereocenters. The highest BCUT2D eigenvalue weighted by molar-refractivity contribution is 5.96. The lowest BCUT2D eigenvalue weighted by Crippen LogP contribution is -2.54. The smallest absolute Gasteiger partial charge is 0.259 e. The van der Waals surface area contributed by atoms with E-state index in [0.717, 1.165) is 0 Å². The summed E-state index contributed by atoms with van der Waals surface area (Å²) in [4.78, 5) is 34.0. The van der Waals surface area contributed by atoms with E-state index in [4.69, 9.17) is 27.9 Å². The van der Waals surface area contributed by atoms with Gasteiger partial charge in [0.2, 0.25) is 29.5 Å². The number of nitrogens with two attached hydrogens (primary N) is 4. The van der Waals surface area contributed by atoms with Crippen LogP contribution < -0.4 is 43.4 Å². The standard InChI is InChI=1S/C25H35FN12O2/c26-25(36-21(40)19-4-2-6-31-20(19)39)5-1-3-18(9-25)32-22-33-23(37-10-14(27)7-15(28)11-37)35-24(34-22)38-12-16(29)8-17(30)13-38/h1-6,14-17H,7-13,27-30H2,(H,31,39)(H,36,40)(H,32,33,34,35)/t14-,15+,16-,17+,25?. The number of carbonyl (C=O) groups is 1. The number of hydrogen-bond donors (Lipinski definition) is 7. The first-order chi connectivity index (χ1) is 19.1. The first-order valence-electron chi connectivity index (χ1n) is 13.2. The molecule has 0 bridgehead atoms. The molecule has 5 rings (SSSR count). The molecule has 14 nitrogen and oxygen atoms in total. The normalized spacial score (nSPS) is 28.7. The fourth-order valence-corrected chi connectivity index (χ4v) is 5.23. The van der Waals surface area contributed by atoms with Gasteiger partial charge in [0.15, 0.2) is 0 Å². The first-order valence-corrected chi connectivity index (χ1v) is 13.2. The second-order valence-electron chi connectivity index (χ2n) is 10.6. The van der Waals surface area contributed by atoms with Crippen molar-refractivity contribution in [3.8, 4) is 5.88 Å².